The van der Waals surface area contributed by atoms with Crippen molar-refractivity contribution >= 4 is 29.5 Å². The molecule has 2 aromatic rings. The Labute approximate surface area is 166 Å². The highest BCUT2D eigenvalue weighted by Gasteiger charge is 2.26. The van der Waals surface area contributed by atoms with E-state index in [0.29, 0.717) is 16.8 Å². The fraction of sp³-hybridized carbons (Fsp3) is 0.250. The van der Waals surface area contributed by atoms with Gasteiger partial charge in [0, 0.05) is 23.9 Å². The van der Waals surface area contributed by atoms with Gasteiger partial charge in [0.1, 0.15) is 0 Å². The Bertz CT molecular complexity index is 1000. The van der Waals surface area contributed by atoms with E-state index in [1.165, 1.54) is 38.3 Å². The zero-order valence-electron chi connectivity index (χ0n) is 16.3. The summed E-state index contributed by atoms with van der Waals surface area (Å²) in [5.74, 6) is -1.86. The summed E-state index contributed by atoms with van der Waals surface area (Å²) >= 11 is 0. The van der Waals surface area contributed by atoms with Gasteiger partial charge in [-0.1, -0.05) is 12.1 Å². The number of nitro benzene ring substituents is 1. The number of nitro groups is 1. The van der Waals surface area contributed by atoms with Crippen LogP contribution in [0.5, 0.6) is 0 Å². The van der Waals surface area contributed by atoms with Gasteiger partial charge < -0.3 is 14.5 Å². The van der Waals surface area contributed by atoms with Crippen LogP contribution in [0.1, 0.15) is 44.6 Å². The van der Waals surface area contributed by atoms with E-state index in [1.807, 2.05) is 0 Å². The molecule has 9 nitrogen and oxygen atoms in total. The van der Waals surface area contributed by atoms with Crippen LogP contribution in [0, 0.1) is 24.0 Å². The molecule has 0 fully saturated rings. The number of carbonyl (C=O) groups excluding carboxylic acids is 3. The van der Waals surface area contributed by atoms with Crippen molar-refractivity contribution in [3.05, 3.63) is 68.5 Å². The highest BCUT2D eigenvalue weighted by atomic mass is 16.6. The van der Waals surface area contributed by atoms with Crippen molar-refractivity contribution < 1.29 is 28.8 Å². The second kappa shape index (κ2) is 8.96. The highest BCUT2D eigenvalue weighted by molar-refractivity contribution is 6.04. The van der Waals surface area contributed by atoms with Gasteiger partial charge in [-0.2, -0.15) is 0 Å². The predicted octanol–water partition coefficient (Wildman–Crippen LogP) is 3.15. The number of nitrogens with zero attached hydrogens (tertiary/aromatic N) is 1. The van der Waals surface area contributed by atoms with Crippen LogP contribution in [0.4, 0.5) is 5.69 Å². The first kappa shape index (κ1) is 21.5. The summed E-state index contributed by atoms with van der Waals surface area (Å²) < 4.78 is 9.82. The number of rotatable bonds is 7. The molecule has 0 amide bonds. The molecule has 0 aliphatic rings. The molecule has 0 bridgehead atoms. The molecular weight excluding hydrogens is 380 g/mol. The minimum atomic E-state index is -1.11. The molecular formula is C20H20N2O7. The van der Waals surface area contributed by atoms with E-state index in [4.69, 9.17) is 9.47 Å². The number of esters is 2. The normalized spacial score (nSPS) is 11.9. The average Bonchev–Trinajstić information content (AvgIpc) is 2.99. The molecule has 0 saturated carbocycles. The van der Waals surface area contributed by atoms with Crippen molar-refractivity contribution in [1.29, 1.82) is 0 Å². The topological polar surface area (TPSA) is 129 Å². The van der Waals surface area contributed by atoms with Gasteiger partial charge in [0.05, 0.1) is 23.3 Å². The molecule has 0 aliphatic carbocycles. The zero-order chi connectivity index (χ0) is 21.7. The first-order chi connectivity index (χ1) is 13.6. The number of H-pyrrole nitrogens is 1. The van der Waals surface area contributed by atoms with Crippen LogP contribution in [-0.2, 0) is 14.3 Å². The first-order valence-electron chi connectivity index (χ1n) is 8.60. The molecule has 0 aliphatic heterocycles. The Balaban J connectivity index is 2.10. The van der Waals surface area contributed by atoms with Crippen molar-refractivity contribution in [3.63, 3.8) is 0 Å². The monoisotopic (exact) mass is 400 g/mol. The van der Waals surface area contributed by atoms with E-state index in [-0.39, 0.29) is 16.9 Å². The number of aryl methyl sites for hydroxylation is 1. The maximum atomic E-state index is 12.6. The Kier molecular flexibility index (Phi) is 6.66. The highest BCUT2D eigenvalue weighted by Crippen LogP contribution is 2.21. The number of hydrogen-bond donors (Lipinski definition) is 1. The lowest BCUT2D eigenvalue weighted by molar-refractivity contribution is -0.384. The smallest absolute Gasteiger partial charge is 0.339 e. The number of carbonyl (C=O) groups is 3. The third-order valence-corrected chi connectivity index (χ3v) is 4.23. The van der Waals surface area contributed by atoms with E-state index in [1.54, 1.807) is 19.9 Å². The zero-order valence-corrected chi connectivity index (χ0v) is 16.3. The van der Waals surface area contributed by atoms with E-state index < -0.39 is 28.7 Å². The number of methoxy groups -OCH3 is 1. The lowest BCUT2D eigenvalue weighted by atomic mass is 10.1. The minimum Gasteiger partial charge on any atom is -0.465 e. The lowest BCUT2D eigenvalue weighted by Gasteiger charge is -2.10. The molecule has 0 radical (unpaired) electrons. The fourth-order valence-corrected chi connectivity index (χ4v) is 2.78. The van der Waals surface area contributed by atoms with Crippen molar-refractivity contribution in [1.82, 2.24) is 4.98 Å². The number of aromatic amines is 1. The molecule has 1 heterocycles. The number of benzene rings is 1. The van der Waals surface area contributed by atoms with Crippen molar-refractivity contribution in [2.75, 3.05) is 7.11 Å². The van der Waals surface area contributed by atoms with Crippen LogP contribution in [0.25, 0.3) is 6.08 Å². The summed E-state index contributed by atoms with van der Waals surface area (Å²) in [5.41, 5.74) is 1.64. The molecule has 152 valence electrons. The van der Waals surface area contributed by atoms with E-state index in [9.17, 15) is 24.5 Å². The number of hydrogen-bond acceptors (Lipinski definition) is 7. The minimum absolute atomic E-state index is 0.108. The summed E-state index contributed by atoms with van der Waals surface area (Å²) in [6, 6.07) is 5.72. The molecule has 1 atom stereocenters. The molecule has 2 rings (SSSR count). The summed E-state index contributed by atoms with van der Waals surface area (Å²) in [4.78, 5) is 49.5. The van der Waals surface area contributed by atoms with Crippen LogP contribution in [0.2, 0.25) is 0 Å². The molecule has 1 aromatic carbocycles. The quantitative estimate of drug-likeness (QED) is 0.248. The van der Waals surface area contributed by atoms with Gasteiger partial charge in [0.2, 0.25) is 5.78 Å². The summed E-state index contributed by atoms with van der Waals surface area (Å²) in [7, 11) is 1.24. The summed E-state index contributed by atoms with van der Waals surface area (Å²) in [5, 5.41) is 10.8. The standard InChI is InChI=1S/C20H20N2O7/c1-11-17(20(25)28-4)12(2)21-18(11)19(24)13(3)29-16(23)9-8-14-6-5-7-15(10-14)22(26)27/h5-10,13,21H,1-4H3/b9-8+/t13-/m0/s1. The van der Waals surface area contributed by atoms with Gasteiger partial charge in [0.25, 0.3) is 5.69 Å². The Morgan fingerprint density at radius 2 is 1.93 bits per heavy atom. The maximum Gasteiger partial charge on any atom is 0.339 e. The fourth-order valence-electron chi connectivity index (χ4n) is 2.78. The van der Waals surface area contributed by atoms with Crippen LogP contribution in [-0.4, -0.2) is 40.8 Å². The van der Waals surface area contributed by atoms with Crippen molar-refractivity contribution in [2.45, 2.75) is 26.9 Å². The Hall–Kier alpha value is -3.75. The number of nitrogens with one attached hydrogen (secondary N) is 1. The average molecular weight is 400 g/mol. The van der Waals surface area contributed by atoms with E-state index in [2.05, 4.69) is 4.98 Å². The second-order valence-electron chi connectivity index (χ2n) is 6.25. The van der Waals surface area contributed by atoms with Crippen LogP contribution >= 0.6 is 0 Å². The maximum absolute atomic E-state index is 12.6. The molecule has 0 saturated heterocycles. The molecule has 29 heavy (non-hydrogen) atoms. The molecule has 0 spiro atoms. The summed E-state index contributed by atoms with van der Waals surface area (Å²) in [6.45, 7) is 4.64. The number of non-ortho nitro benzene ring substituents is 1. The Morgan fingerprint density at radius 3 is 2.55 bits per heavy atom. The largest absolute Gasteiger partial charge is 0.465 e. The van der Waals surface area contributed by atoms with Gasteiger partial charge in [-0.05, 0) is 38.0 Å². The molecule has 1 N–H and O–H groups in total. The summed E-state index contributed by atoms with van der Waals surface area (Å²) in [6.07, 6.45) is 1.32. The predicted molar refractivity (Wildman–Crippen MR) is 104 cm³/mol. The third kappa shape index (κ3) is 4.95. The Morgan fingerprint density at radius 1 is 1.24 bits per heavy atom. The van der Waals surface area contributed by atoms with Gasteiger partial charge in [0.15, 0.2) is 6.10 Å². The lowest BCUT2D eigenvalue weighted by Crippen LogP contribution is -2.24. The van der Waals surface area contributed by atoms with Crippen LogP contribution in [0.3, 0.4) is 0 Å². The number of ketones is 1. The second-order valence-corrected chi connectivity index (χ2v) is 6.25. The molecule has 0 unspecified atom stereocenters. The van der Waals surface area contributed by atoms with Gasteiger partial charge in [-0.25, -0.2) is 9.59 Å². The van der Waals surface area contributed by atoms with E-state index in [0.717, 1.165) is 6.08 Å². The number of Topliss-reactive ketones (excluding diaryl/α,β-unsaturated/α-hetero) is 1. The van der Waals surface area contributed by atoms with Gasteiger partial charge in [-0.15, -0.1) is 0 Å². The van der Waals surface area contributed by atoms with Crippen LogP contribution in [0.15, 0.2) is 30.3 Å². The SMILES string of the molecule is COC(=O)c1c(C)[nH]c(C(=O)[C@H](C)OC(=O)/C=C/c2cccc([N+](=O)[O-])c2)c1C. The van der Waals surface area contributed by atoms with Gasteiger partial charge >= 0.3 is 11.9 Å². The first-order valence-corrected chi connectivity index (χ1v) is 8.60. The number of aromatic nitrogens is 1. The van der Waals surface area contributed by atoms with E-state index >= 15 is 0 Å². The van der Waals surface area contributed by atoms with Crippen LogP contribution < -0.4 is 0 Å². The van der Waals surface area contributed by atoms with Crippen molar-refractivity contribution in [3.8, 4) is 0 Å². The third-order valence-electron chi connectivity index (χ3n) is 4.23. The number of ether oxygens (including phenoxy) is 2. The van der Waals surface area contributed by atoms with Gasteiger partial charge in [-0.3, -0.25) is 14.9 Å². The molecule has 1 aromatic heterocycles. The van der Waals surface area contributed by atoms with Crippen molar-refractivity contribution in [2.24, 2.45) is 0 Å². The molecule has 9 heteroatoms.